The van der Waals surface area contributed by atoms with Gasteiger partial charge in [-0.2, -0.15) is 19.6 Å². The van der Waals surface area contributed by atoms with Gasteiger partial charge in [-0.05, 0) is 19.8 Å². The lowest BCUT2D eigenvalue weighted by molar-refractivity contribution is 0.0231. The van der Waals surface area contributed by atoms with Crippen molar-refractivity contribution in [3.63, 3.8) is 0 Å². The summed E-state index contributed by atoms with van der Waals surface area (Å²) in [6.45, 7) is 2.86. The zero-order valence-electron chi connectivity index (χ0n) is 10.0. The summed E-state index contributed by atoms with van der Waals surface area (Å²) in [4.78, 5) is 8.13. The predicted octanol–water partition coefficient (Wildman–Crippen LogP) is 1.76. The fraction of sp³-hybridized carbons (Fsp3) is 0.545. The molecule has 6 nitrogen and oxygen atoms in total. The van der Waals surface area contributed by atoms with Gasteiger partial charge in [-0.25, -0.2) is 0 Å². The smallest absolute Gasteiger partial charge is 0.255 e. The summed E-state index contributed by atoms with van der Waals surface area (Å²) in [6.07, 6.45) is 3.69. The van der Waals surface area contributed by atoms with Crippen molar-refractivity contribution in [2.24, 2.45) is 0 Å². The molecule has 2 unspecified atom stereocenters. The Hall–Kier alpha value is -1.40. The molecule has 0 bridgehead atoms. The van der Waals surface area contributed by atoms with Crippen molar-refractivity contribution in [3.8, 4) is 0 Å². The van der Waals surface area contributed by atoms with Crippen LogP contribution in [0.5, 0.6) is 0 Å². The minimum Gasteiger partial charge on any atom is -0.378 e. The second kappa shape index (κ2) is 4.70. The molecule has 1 fully saturated rings. The van der Waals surface area contributed by atoms with E-state index in [9.17, 15) is 0 Å². The Morgan fingerprint density at radius 2 is 2.44 bits per heavy atom. The summed E-state index contributed by atoms with van der Waals surface area (Å²) < 4.78 is 7.19. The molecule has 3 heterocycles. The van der Waals surface area contributed by atoms with E-state index in [0.717, 1.165) is 25.3 Å². The zero-order valence-corrected chi connectivity index (χ0v) is 10.8. The number of nitrogens with one attached hydrogen (secondary N) is 1. The minimum absolute atomic E-state index is 0.278. The van der Waals surface area contributed by atoms with Crippen molar-refractivity contribution in [2.75, 3.05) is 11.9 Å². The molecular formula is C11H14ClN5O. The molecule has 0 spiro atoms. The third kappa shape index (κ3) is 2.26. The van der Waals surface area contributed by atoms with Gasteiger partial charge in [-0.15, -0.1) is 0 Å². The standard InChI is InChI=1S/C11H14ClN5O/c1-7-4-8(2-3-18-7)15-10-5-9(12)16-11-13-6-14-17(10)11/h5-8,15H,2-4H2,1H3. The number of rotatable bonds is 2. The molecule has 0 aromatic carbocycles. The van der Waals surface area contributed by atoms with Gasteiger partial charge in [-0.3, -0.25) is 0 Å². The highest BCUT2D eigenvalue weighted by Gasteiger charge is 2.20. The summed E-state index contributed by atoms with van der Waals surface area (Å²) in [6, 6.07) is 2.13. The molecule has 2 aromatic heterocycles. The second-order valence-corrected chi connectivity index (χ2v) is 4.87. The molecule has 96 valence electrons. The van der Waals surface area contributed by atoms with E-state index < -0.39 is 0 Å². The summed E-state index contributed by atoms with van der Waals surface area (Å²) in [5.41, 5.74) is 0. The molecule has 2 aromatic rings. The molecule has 18 heavy (non-hydrogen) atoms. The van der Waals surface area contributed by atoms with E-state index >= 15 is 0 Å². The molecule has 0 saturated carbocycles. The van der Waals surface area contributed by atoms with Crippen LogP contribution in [-0.2, 0) is 4.74 Å². The zero-order chi connectivity index (χ0) is 12.5. The normalized spacial score (nSPS) is 24.3. The molecule has 1 aliphatic rings. The lowest BCUT2D eigenvalue weighted by Gasteiger charge is -2.28. The minimum atomic E-state index is 0.278. The van der Waals surface area contributed by atoms with E-state index in [0.29, 0.717) is 17.0 Å². The van der Waals surface area contributed by atoms with E-state index in [-0.39, 0.29) is 6.10 Å². The molecule has 2 atom stereocenters. The largest absolute Gasteiger partial charge is 0.378 e. The van der Waals surface area contributed by atoms with Crippen molar-refractivity contribution < 1.29 is 4.74 Å². The number of aromatic nitrogens is 4. The molecule has 1 N–H and O–H groups in total. The number of nitrogens with zero attached hydrogens (tertiary/aromatic N) is 4. The quantitative estimate of drug-likeness (QED) is 0.840. The van der Waals surface area contributed by atoms with E-state index in [2.05, 4.69) is 27.3 Å². The molecular weight excluding hydrogens is 254 g/mol. The van der Waals surface area contributed by atoms with Crippen molar-refractivity contribution in [2.45, 2.75) is 31.9 Å². The van der Waals surface area contributed by atoms with E-state index in [4.69, 9.17) is 16.3 Å². The van der Waals surface area contributed by atoms with Crippen LogP contribution in [0.25, 0.3) is 5.78 Å². The SMILES string of the molecule is CC1CC(Nc2cc(Cl)nc3ncnn23)CCO1. The van der Waals surface area contributed by atoms with Gasteiger partial charge in [-0.1, -0.05) is 11.6 Å². The maximum absolute atomic E-state index is 5.97. The third-order valence-electron chi connectivity index (χ3n) is 3.06. The molecule has 1 saturated heterocycles. The van der Waals surface area contributed by atoms with Gasteiger partial charge in [0.15, 0.2) is 0 Å². The molecule has 1 aliphatic heterocycles. The maximum Gasteiger partial charge on any atom is 0.255 e. The summed E-state index contributed by atoms with van der Waals surface area (Å²) >= 11 is 5.97. The van der Waals surface area contributed by atoms with Crippen molar-refractivity contribution in [1.82, 2.24) is 19.6 Å². The van der Waals surface area contributed by atoms with Crippen LogP contribution < -0.4 is 5.32 Å². The maximum atomic E-state index is 5.97. The Morgan fingerprint density at radius 3 is 3.28 bits per heavy atom. The first-order valence-corrected chi connectivity index (χ1v) is 6.34. The molecule has 3 rings (SSSR count). The fourth-order valence-corrected chi connectivity index (χ4v) is 2.40. The van der Waals surface area contributed by atoms with Gasteiger partial charge in [0.1, 0.15) is 17.3 Å². The number of ether oxygens (including phenoxy) is 1. The highest BCUT2D eigenvalue weighted by atomic mass is 35.5. The van der Waals surface area contributed by atoms with Crippen molar-refractivity contribution in [3.05, 3.63) is 17.5 Å². The molecule has 0 radical (unpaired) electrons. The summed E-state index contributed by atoms with van der Waals surface area (Å²) in [7, 11) is 0. The Bertz CT molecular complexity index is 557. The predicted molar refractivity (Wildman–Crippen MR) is 67.9 cm³/mol. The fourth-order valence-electron chi connectivity index (χ4n) is 2.22. The van der Waals surface area contributed by atoms with Crippen LogP contribution in [0.15, 0.2) is 12.4 Å². The Kier molecular flexibility index (Phi) is 3.05. The van der Waals surface area contributed by atoms with Gasteiger partial charge in [0.05, 0.1) is 6.10 Å². The average Bonchev–Trinajstić information content (AvgIpc) is 2.77. The first-order chi connectivity index (χ1) is 8.72. The Labute approximate surface area is 109 Å². The van der Waals surface area contributed by atoms with Crippen LogP contribution >= 0.6 is 11.6 Å². The topological polar surface area (TPSA) is 64.3 Å². The first kappa shape index (κ1) is 11.7. The van der Waals surface area contributed by atoms with E-state index in [1.165, 1.54) is 6.33 Å². The average molecular weight is 268 g/mol. The highest BCUT2D eigenvalue weighted by molar-refractivity contribution is 6.29. The van der Waals surface area contributed by atoms with E-state index in [1.807, 2.05) is 0 Å². The second-order valence-electron chi connectivity index (χ2n) is 4.48. The van der Waals surface area contributed by atoms with Crippen LogP contribution in [0.4, 0.5) is 5.82 Å². The van der Waals surface area contributed by atoms with Crippen LogP contribution in [0.3, 0.4) is 0 Å². The van der Waals surface area contributed by atoms with Gasteiger partial charge < -0.3 is 10.1 Å². The third-order valence-corrected chi connectivity index (χ3v) is 3.25. The summed E-state index contributed by atoms with van der Waals surface area (Å²) in [5, 5.41) is 7.99. The number of hydrogen-bond donors (Lipinski definition) is 1. The lowest BCUT2D eigenvalue weighted by Crippen LogP contribution is -2.33. The van der Waals surface area contributed by atoms with Crippen LogP contribution in [0.1, 0.15) is 19.8 Å². The molecule has 0 aliphatic carbocycles. The highest BCUT2D eigenvalue weighted by Crippen LogP contribution is 2.20. The molecule has 0 amide bonds. The number of anilines is 1. The number of halogens is 1. The number of hydrogen-bond acceptors (Lipinski definition) is 5. The lowest BCUT2D eigenvalue weighted by atomic mass is 10.0. The summed E-state index contributed by atoms with van der Waals surface area (Å²) in [5.74, 6) is 1.33. The van der Waals surface area contributed by atoms with Gasteiger partial charge in [0.25, 0.3) is 5.78 Å². The van der Waals surface area contributed by atoms with E-state index in [1.54, 1.807) is 10.6 Å². The Morgan fingerprint density at radius 1 is 1.56 bits per heavy atom. The van der Waals surface area contributed by atoms with Gasteiger partial charge >= 0.3 is 0 Å². The van der Waals surface area contributed by atoms with Crippen LogP contribution in [-0.4, -0.2) is 38.3 Å². The van der Waals surface area contributed by atoms with Crippen LogP contribution in [0, 0.1) is 0 Å². The first-order valence-electron chi connectivity index (χ1n) is 5.97. The Balaban J connectivity index is 1.87. The van der Waals surface area contributed by atoms with Gasteiger partial charge in [0.2, 0.25) is 0 Å². The van der Waals surface area contributed by atoms with Crippen molar-refractivity contribution in [1.29, 1.82) is 0 Å². The number of fused-ring (bicyclic) bond motifs is 1. The molecule has 7 heteroatoms. The van der Waals surface area contributed by atoms with Gasteiger partial charge in [0, 0.05) is 18.7 Å². The van der Waals surface area contributed by atoms with Crippen LogP contribution in [0.2, 0.25) is 5.15 Å². The monoisotopic (exact) mass is 267 g/mol. The van der Waals surface area contributed by atoms with Crippen molar-refractivity contribution >= 4 is 23.2 Å².